The van der Waals surface area contributed by atoms with E-state index in [2.05, 4.69) is 56.3 Å². The molecule has 18 heavy (non-hydrogen) atoms. The average molecular weight is 237 g/mol. The zero-order chi connectivity index (χ0) is 12.8. The van der Waals surface area contributed by atoms with Gasteiger partial charge < -0.3 is 5.73 Å². The van der Waals surface area contributed by atoms with Crippen molar-refractivity contribution in [1.82, 2.24) is 0 Å². The fourth-order valence-electron chi connectivity index (χ4n) is 2.90. The van der Waals surface area contributed by atoms with E-state index in [1.165, 1.54) is 27.8 Å². The van der Waals surface area contributed by atoms with Crippen LogP contribution in [0.25, 0.3) is 11.1 Å². The van der Waals surface area contributed by atoms with Crippen molar-refractivity contribution in [2.24, 2.45) is 5.73 Å². The number of hydrogen-bond donors (Lipinski definition) is 1. The maximum absolute atomic E-state index is 5.94. The Kier molecular flexibility index (Phi) is 2.53. The fraction of sp³-hybridized carbons (Fsp3) is 0.294. The van der Waals surface area contributed by atoms with Crippen LogP contribution in [-0.2, 0) is 11.8 Å². The molecule has 0 amide bonds. The SMILES string of the molecule is CC(C)(CN)c1cccc2c1Cc1ccccc1-2. The van der Waals surface area contributed by atoms with Crippen molar-refractivity contribution in [1.29, 1.82) is 0 Å². The molecule has 0 unspecified atom stereocenters. The third-order valence-corrected chi connectivity index (χ3v) is 4.09. The Labute approximate surface area is 109 Å². The smallest absolute Gasteiger partial charge is 0.00221 e. The molecule has 0 heterocycles. The molecule has 0 radical (unpaired) electrons. The molecule has 3 rings (SSSR count). The first-order valence-corrected chi connectivity index (χ1v) is 6.54. The summed E-state index contributed by atoms with van der Waals surface area (Å²) in [6, 6.07) is 15.3. The summed E-state index contributed by atoms with van der Waals surface area (Å²) in [6.07, 6.45) is 1.05. The van der Waals surface area contributed by atoms with Crippen LogP contribution in [0.1, 0.15) is 30.5 Å². The van der Waals surface area contributed by atoms with Gasteiger partial charge in [0.05, 0.1) is 0 Å². The predicted molar refractivity (Wildman–Crippen MR) is 76.8 cm³/mol. The van der Waals surface area contributed by atoms with Crippen LogP contribution in [0.5, 0.6) is 0 Å². The second-order valence-corrected chi connectivity index (χ2v) is 5.75. The van der Waals surface area contributed by atoms with E-state index < -0.39 is 0 Å². The normalized spacial score (nSPS) is 13.3. The van der Waals surface area contributed by atoms with Gasteiger partial charge in [-0.25, -0.2) is 0 Å². The van der Waals surface area contributed by atoms with Crippen molar-refractivity contribution in [2.75, 3.05) is 6.54 Å². The predicted octanol–water partition coefficient (Wildman–Crippen LogP) is 3.49. The van der Waals surface area contributed by atoms with Crippen LogP contribution in [0.4, 0.5) is 0 Å². The summed E-state index contributed by atoms with van der Waals surface area (Å²) >= 11 is 0. The molecule has 2 aromatic rings. The Bertz CT molecular complexity index is 596. The van der Waals surface area contributed by atoms with Gasteiger partial charge in [0, 0.05) is 12.0 Å². The van der Waals surface area contributed by atoms with Crippen molar-refractivity contribution in [3.8, 4) is 11.1 Å². The highest BCUT2D eigenvalue weighted by molar-refractivity contribution is 5.78. The maximum Gasteiger partial charge on any atom is 0.00221 e. The van der Waals surface area contributed by atoms with E-state index in [1.807, 2.05) is 0 Å². The molecule has 0 spiro atoms. The van der Waals surface area contributed by atoms with Gasteiger partial charge in [-0.3, -0.25) is 0 Å². The van der Waals surface area contributed by atoms with Gasteiger partial charge in [-0.05, 0) is 34.2 Å². The van der Waals surface area contributed by atoms with E-state index in [-0.39, 0.29) is 5.41 Å². The van der Waals surface area contributed by atoms with Gasteiger partial charge in [0.15, 0.2) is 0 Å². The molecule has 1 heteroatoms. The van der Waals surface area contributed by atoms with Crippen LogP contribution < -0.4 is 5.73 Å². The van der Waals surface area contributed by atoms with Gasteiger partial charge in [0.1, 0.15) is 0 Å². The highest BCUT2D eigenvalue weighted by atomic mass is 14.6. The van der Waals surface area contributed by atoms with E-state index in [1.54, 1.807) is 0 Å². The third-order valence-electron chi connectivity index (χ3n) is 4.09. The summed E-state index contributed by atoms with van der Waals surface area (Å²) < 4.78 is 0. The minimum absolute atomic E-state index is 0.0490. The van der Waals surface area contributed by atoms with Gasteiger partial charge >= 0.3 is 0 Å². The second-order valence-electron chi connectivity index (χ2n) is 5.75. The van der Waals surface area contributed by atoms with Crippen molar-refractivity contribution < 1.29 is 0 Å². The van der Waals surface area contributed by atoms with Gasteiger partial charge in [0.2, 0.25) is 0 Å². The Morgan fingerprint density at radius 2 is 1.72 bits per heavy atom. The van der Waals surface area contributed by atoms with E-state index in [0.29, 0.717) is 6.54 Å². The summed E-state index contributed by atoms with van der Waals surface area (Å²) in [6.45, 7) is 5.14. The first kappa shape index (κ1) is 11.5. The summed E-state index contributed by atoms with van der Waals surface area (Å²) in [5, 5.41) is 0. The highest BCUT2D eigenvalue weighted by Crippen LogP contribution is 2.41. The first-order chi connectivity index (χ1) is 8.63. The Balaban J connectivity index is 2.20. The van der Waals surface area contributed by atoms with E-state index in [9.17, 15) is 0 Å². The lowest BCUT2D eigenvalue weighted by Gasteiger charge is -2.26. The number of benzene rings is 2. The monoisotopic (exact) mass is 237 g/mol. The molecule has 0 aliphatic heterocycles. The molecule has 1 aliphatic carbocycles. The topological polar surface area (TPSA) is 26.0 Å². The summed E-state index contributed by atoms with van der Waals surface area (Å²) in [4.78, 5) is 0. The van der Waals surface area contributed by atoms with E-state index >= 15 is 0 Å². The number of nitrogens with two attached hydrogens (primary N) is 1. The molecule has 0 fully saturated rings. The average Bonchev–Trinajstić information content (AvgIpc) is 2.77. The first-order valence-electron chi connectivity index (χ1n) is 6.54. The molecule has 0 bridgehead atoms. The zero-order valence-electron chi connectivity index (χ0n) is 11.0. The summed E-state index contributed by atoms with van der Waals surface area (Å²) in [7, 11) is 0. The van der Waals surface area contributed by atoms with Crippen molar-refractivity contribution in [3.63, 3.8) is 0 Å². The zero-order valence-corrected chi connectivity index (χ0v) is 11.0. The molecule has 0 atom stereocenters. The van der Waals surface area contributed by atoms with E-state index in [4.69, 9.17) is 5.73 Å². The van der Waals surface area contributed by atoms with Gasteiger partial charge in [-0.1, -0.05) is 56.3 Å². The van der Waals surface area contributed by atoms with Gasteiger partial charge in [-0.15, -0.1) is 0 Å². The third kappa shape index (κ3) is 1.58. The highest BCUT2D eigenvalue weighted by Gasteiger charge is 2.27. The minimum atomic E-state index is 0.0490. The standard InChI is InChI=1S/C17H19N/c1-17(2,11-18)16-9-5-8-14-13-7-4-3-6-12(13)10-15(14)16/h3-9H,10-11,18H2,1-2H3. The molecule has 0 saturated carbocycles. The summed E-state index contributed by atoms with van der Waals surface area (Å²) in [5.74, 6) is 0. The molecule has 1 nitrogen and oxygen atoms in total. The fourth-order valence-corrected chi connectivity index (χ4v) is 2.90. The van der Waals surface area contributed by atoms with Crippen LogP contribution in [0, 0.1) is 0 Å². The molecule has 2 N–H and O–H groups in total. The molecule has 2 aromatic carbocycles. The largest absolute Gasteiger partial charge is 0.330 e. The van der Waals surface area contributed by atoms with Gasteiger partial charge in [0.25, 0.3) is 0 Å². The van der Waals surface area contributed by atoms with Crippen LogP contribution in [0.3, 0.4) is 0 Å². The Morgan fingerprint density at radius 3 is 2.50 bits per heavy atom. The lowest BCUT2D eigenvalue weighted by molar-refractivity contribution is 0.535. The molecular formula is C17H19N. The van der Waals surface area contributed by atoms with Gasteiger partial charge in [-0.2, -0.15) is 0 Å². The molecule has 1 aliphatic rings. The maximum atomic E-state index is 5.94. The molecular weight excluding hydrogens is 218 g/mol. The summed E-state index contributed by atoms with van der Waals surface area (Å²) in [5.41, 5.74) is 13.1. The van der Waals surface area contributed by atoms with Crippen LogP contribution >= 0.6 is 0 Å². The van der Waals surface area contributed by atoms with Crippen LogP contribution in [-0.4, -0.2) is 6.54 Å². The number of rotatable bonds is 2. The lowest BCUT2D eigenvalue weighted by Crippen LogP contribution is -2.29. The van der Waals surface area contributed by atoms with Crippen molar-refractivity contribution >= 4 is 0 Å². The Morgan fingerprint density at radius 1 is 1.00 bits per heavy atom. The Hall–Kier alpha value is -1.60. The minimum Gasteiger partial charge on any atom is -0.330 e. The van der Waals surface area contributed by atoms with Crippen LogP contribution in [0.15, 0.2) is 42.5 Å². The van der Waals surface area contributed by atoms with Crippen molar-refractivity contribution in [3.05, 3.63) is 59.2 Å². The number of hydrogen-bond acceptors (Lipinski definition) is 1. The molecule has 0 saturated heterocycles. The lowest BCUT2D eigenvalue weighted by atomic mass is 9.80. The molecule has 92 valence electrons. The quantitative estimate of drug-likeness (QED) is 0.725. The van der Waals surface area contributed by atoms with Crippen LogP contribution in [0.2, 0.25) is 0 Å². The molecule has 0 aromatic heterocycles. The number of fused-ring (bicyclic) bond motifs is 3. The van der Waals surface area contributed by atoms with E-state index in [0.717, 1.165) is 6.42 Å². The second kappa shape index (κ2) is 3.96. The van der Waals surface area contributed by atoms with Crippen molar-refractivity contribution in [2.45, 2.75) is 25.7 Å².